The van der Waals surface area contributed by atoms with Crippen molar-refractivity contribution in [2.24, 2.45) is 0 Å². The molecule has 0 aliphatic carbocycles. The SMILES string of the molecule is Cc1cc2c(C)csc2cc1O. The number of hydrogen-bond donors (Lipinski definition) is 1. The van der Waals surface area contributed by atoms with Crippen LogP contribution in [0.25, 0.3) is 10.1 Å². The number of thiophene rings is 1. The maximum Gasteiger partial charge on any atom is 0.119 e. The van der Waals surface area contributed by atoms with E-state index in [0.717, 1.165) is 10.3 Å². The van der Waals surface area contributed by atoms with E-state index in [1.807, 2.05) is 19.1 Å². The fraction of sp³-hybridized carbons (Fsp3) is 0.200. The van der Waals surface area contributed by atoms with Gasteiger partial charge in [-0.05, 0) is 47.9 Å². The van der Waals surface area contributed by atoms with Crippen molar-refractivity contribution >= 4 is 21.4 Å². The summed E-state index contributed by atoms with van der Waals surface area (Å²) in [5.74, 6) is 0.393. The first-order valence-corrected chi connectivity index (χ1v) is 4.74. The minimum absolute atomic E-state index is 0.393. The molecule has 0 radical (unpaired) electrons. The summed E-state index contributed by atoms with van der Waals surface area (Å²) in [7, 11) is 0. The maximum atomic E-state index is 9.43. The highest BCUT2D eigenvalue weighted by atomic mass is 32.1. The number of phenols is 1. The molecule has 12 heavy (non-hydrogen) atoms. The highest BCUT2D eigenvalue weighted by Gasteiger charge is 2.03. The first-order valence-electron chi connectivity index (χ1n) is 3.86. The maximum absolute atomic E-state index is 9.43. The summed E-state index contributed by atoms with van der Waals surface area (Å²) in [5.41, 5.74) is 2.24. The number of aromatic hydroxyl groups is 1. The first-order chi connectivity index (χ1) is 5.68. The summed E-state index contributed by atoms with van der Waals surface area (Å²) in [6, 6.07) is 3.87. The summed E-state index contributed by atoms with van der Waals surface area (Å²) < 4.78 is 1.16. The Morgan fingerprint density at radius 1 is 1.17 bits per heavy atom. The quantitative estimate of drug-likeness (QED) is 0.656. The molecule has 1 N–H and O–H groups in total. The van der Waals surface area contributed by atoms with Crippen molar-refractivity contribution in [2.45, 2.75) is 13.8 Å². The number of hydrogen-bond acceptors (Lipinski definition) is 2. The van der Waals surface area contributed by atoms with E-state index in [2.05, 4.69) is 12.3 Å². The predicted molar refractivity (Wildman–Crippen MR) is 53.0 cm³/mol. The van der Waals surface area contributed by atoms with Gasteiger partial charge in [0.15, 0.2) is 0 Å². The van der Waals surface area contributed by atoms with Gasteiger partial charge in [-0.1, -0.05) is 0 Å². The van der Waals surface area contributed by atoms with E-state index in [1.165, 1.54) is 10.9 Å². The Labute approximate surface area is 75.3 Å². The van der Waals surface area contributed by atoms with Crippen molar-refractivity contribution in [1.29, 1.82) is 0 Å². The van der Waals surface area contributed by atoms with Crippen molar-refractivity contribution in [2.75, 3.05) is 0 Å². The van der Waals surface area contributed by atoms with Gasteiger partial charge in [-0.2, -0.15) is 0 Å². The molecule has 0 aliphatic rings. The lowest BCUT2D eigenvalue weighted by atomic mass is 10.1. The van der Waals surface area contributed by atoms with Crippen LogP contribution in [0.15, 0.2) is 17.5 Å². The second kappa shape index (κ2) is 2.49. The van der Waals surface area contributed by atoms with E-state index in [0.29, 0.717) is 5.75 Å². The van der Waals surface area contributed by atoms with E-state index in [-0.39, 0.29) is 0 Å². The number of benzene rings is 1. The molecule has 1 nitrogen and oxygen atoms in total. The van der Waals surface area contributed by atoms with Gasteiger partial charge in [-0.3, -0.25) is 0 Å². The zero-order chi connectivity index (χ0) is 8.72. The topological polar surface area (TPSA) is 20.2 Å². The Kier molecular flexibility index (Phi) is 1.58. The minimum atomic E-state index is 0.393. The Balaban J connectivity index is 2.87. The van der Waals surface area contributed by atoms with Gasteiger partial charge in [-0.25, -0.2) is 0 Å². The zero-order valence-electron chi connectivity index (χ0n) is 7.09. The molecule has 2 aromatic rings. The van der Waals surface area contributed by atoms with Crippen molar-refractivity contribution in [1.82, 2.24) is 0 Å². The van der Waals surface area contributed by atoms with Gasteiger partial charge in [0.25, 0.3) is 0 Å². The second-order valence-electron chi connectivity index (χ2n) is 3.05. The van der Waals surface area contributed by atoms with Gasteiger partial charge >= 0.3 is 0 Å². The Morgan fingerprint density at radius 2 is 1.92 bits per heavy atom. The molecule has 1 aromatic carbocycles. The van der Waals surface area contributed by atoms with Crippen molar-refractivity contribution in [3.05, 3.63) is 28.6 Å². The third-order valence-corrected chi connectivity index (χ3v) is 3.15. The average Bonchev–Trinajstić information content (AvgIpc) is 2.35. The van der Waals surface area contributed by atoms with Gasteiger partial charge in [0.1, 0.15) is 5.75 Å². The summed E-state index contributed by atoms with van der Waals surface area (Å²) in [4.78, 5) is 0. The molecule has 2 heteroatoms. The molecule has 1 aromatic heterocycles. The molecule has 0 spiro atoms. The number of aryl methyl sites for hydroxylation is 2. The molecule has 0 fully saturated rings. The fourth-order valence-corrected chi connectivity index (χ4v) is 2.26. The monoisotopic (exact) mass is 178 g/mol. The first kappa shape index (κ1) is 7.62. The average molecular weight is 178 g/mol. The van der Waals surface area contributed by atoms with Crippen LogP contribution >= 0.6 is 11.3 Å². The van der Waals surface area contributed by atoms with Crippen LogP contribution in [0.4, 0.5) is 0 Å². The summed E-state index contributed by atoms with van der Waals surface area (Å²) in [6.45, 7) is 4.02. The Hall–Kier alpha value is -1.02. The highest BCUT2D eigenvalue weighted by molar-refractivity contribution is 7.17. The largest absolute Gasteiger partial charge is 0.508 e. The van der Waals surface area contributed by atoms with Gasteiger partial charge in [-0.15, -0.1) is 11.3 Å². The zero-order valence-corrected chi connectivity index (χ0v) is 7.90. The molecule has 0 atom stereocenters. The molecule has 0 amide bonds. The molecule has 0 saturated heterocycles. The third kappa shape index (κ3) is 0.994. The molecule has 1 heterocycles. The number of rotatable bonds is 0. The Morgan fingerprint density at radius 3 is 2.67 bits per heavy atom. The molecular formula is C10H10OS. The van der Waals surface area contributed by atoms with Crippen molar-refractivity contribution in [3.63, 3.8) is 0 Å². The van der Waals surface area contributed by atoms with Crippen LogP contribution in [0.1, 0.15) is 11.1 Å². The van der Waals surface area contributed by atoms with E-state index in [1.54, 1.807) is 11.3 Å². The van der Waals surface area contributed by atoms with E-state index >= 15 is 0 Å². The fourth-order valence-electron chi connectivity index (χ4n) is 1.30. The van der Waals surface area contributed by atoms with Crippen LogP contribution in [0.2, 0.25) is 0 Å². The van der Waals surface area contributed by atoms with Crippen LogP contribution in [0, 0.1) is 13.8 Å². The lowest BCUT2D eigenvalue weighted by molar-refractivity contribution is 0.472. The molecular weight excluding hydrogens is 168 g/mol. The normalized spacial score (nSPS) is 10.8. The molecule has 0 aliphatic heterocycles. The van der Waals surface area contributed by atoms with Gasteiger partial charge in [0, 0.05) is 4.70 Å². The predicted octanol–water partition coefficient (Wildman–Crippen LogP) is 3.22. The lowest BCUT2D eigenvalue weighted by Gasteiger charge is -1.98. The number of phenolic OH excluding ortho intramolecular Hbond substituents is 1. The summed E-state index contributed by atoms with van der Waals surface area (Å²) in [6.07, 6.45) is 0. The summed E-state index contributed by atoms with van der Waals surface area (Å²) in [5, 5.41) is 12.8. The Bertz CT molecular complexity index is 429. The lowest BCUT2D eigenvalue weighted by Crippen LogP contribution is -1.74. The molecule has 0 bridgehead atoms. The molecule has 62 valence electrons. The molecule has 2 rings (SSSR count). The minimum Gasteiger partial charge on any atom is -0.508 e. The van der Waals surface area contributed by atoms with Crippen LogP contribution in [-0.4, -0.2) is 5.11 Å². The van der Waals surface area contributed by atoms with Crippen LogP contribution < -0.4 is 0 Å². The van der Waals surface area contributed by atoms with Crippen LogP contribution in [-0.2, 0) is 0 Å². The van der Waals surface area contributed by atoms with Crippen molar-refractivity contribution in [3.8, 4) is 5.75 Å². The van der Waals surface area contributed by atoms with Crippen molar-refractivity contribution < 1.29 is 5.11 Å². The van der Waals surface area contributed by atoms with Crippen LogP contribution in [0.3, 0.4) is 0 Å². The summed E-state index contributed by atoms with van der Waals surface area (Å²) >= 11 is 1.68. The second-order valence-corrected chi connectivity index (χ2v) is 3.96. The van der Waals surface area contributed by atoms with E-state index in [4.69, 9.17) is 0 Å². The van der Waals surface area contributed by atoms with E-state index in [9.17, 15) is 5.11 Å². The highest BCUT2D eigenvalue weighted by Crippen LogP contribution is 2.30. The number of fused-ring (bicyclic) bond motifs is 1. The standard InChI is InChI=1S/C10H10OS/c1-6-3-8-7(2)5-12-10(8)4-9(6)11/h3-5,11H,1-2H3. The van der Waals surface area contributed by atoms with Gasteiger partial charge in [0.2, 0.25) is 0 Å². The smallest absolute Gasteiger partial charge is 0.119 e. The molecule has 0 unspecified atom stereocenters. The van der Waals surface area contributed by atoms with E-state index < -0.39 is 0 Å². The molecule has 0 saturated carbocycles. The third-order valence-electron chi connectivity index (χ3n) is 2.09. The van der Waals surface area contributed by atoms with Gasteiger partial charge in [0.05, 0.1) is 0 Å². The van der Waals surface area contributed by atoms with Gasteiger partial charge < -0.3 is 5.11 Å². The van der Waals surface area contributed by atoms with Crippen LogP contribution in [0.5, 0.6) is 5.75 Å².